The van der Waals surface area contributed by atoms with E-state index in [-0.39, 0.29) is 5.41 Å². The molecule has 6 heteroatoms. The molecule has 3 heterocycles. The predicted molar refractivity (Wildman–Crippen MR) is 126 cm³/mol. The quantitative estimate of drug-likeness (QED) is 0.439. The molecule has 0 spiro atoms. The number of hydrogen-bond donors (Lipinski definition) is 2. The third kappa shape index (κ3) is 3.82. The van der Waals surface area contributed by atoms with E-state index in [2.05, 4.69) is 71.0 Å². The molecule has 1 aromatic carbocycles. The van der Waals surface area contributed by atoms with Crippen molar-refractivity contribution in [3.8, 4) is 22.5 Å². The Morgan fingerprint density at radius 1 is 1.03 bits per heavy atom. The van der Waals surface area contributed by atoms with Crippen molar-refractivity contribution < 1.29 is 0 Å². The van der Waals surface area contributed by atoms with Crippen molar-refractivity contribution >= 4 is 16.9 Å². The fourth-order valence-electron chi connectivity index (χ4n) is 4.46. The predicted octanol–water partition coefficient (Wildman–Crippen LogP) is 5.87. The second-order valence-corrected chi connectivity index (χ2v) is 9.72. The smallest absolute Gasteiger partial charge is 0.142 e. The Bertz CT molecular complexity index is 1220. The molecule has 0 unspecified atom stereocenters. The monoisotopic (exact) mass is 414 g/mol. The van der Waals surface area contributed by atoms with Crippen molar-refractivity contribution in [3.63, 3.8) is 0 Å². The summed E-state index contributed by atoms with van der Waals surface area (Å²) in [5, 5.41) is 4.64. The van der Waals surface area contributed by atoms with Crippen molar-refractivity contribution in [2.45, 2.75) is 64.3 Å². The van der Waals surface area contributed by atoms with Crippen LogP contribution < -0.4 is 5.73 Å². The zero-order valence-electron chi connectivity index (χ0n) is 18.5. The molecule has 6 nitrogen and oxygen atoms in total. The minimum Gasteiger partial charge on any atom is -0.383 e. The van der Waals surface area contributed by atoms with E-state index in [0.29, 0.717) is 11.9 Å². The number of nitrogens with one attached hydrogen (secondary N) is 1. The summed E-state index contributed by atoms with van der Waals surface area (Å²) in [6.07, 6.45) is 12.2. The molecule has 5 rings (SSSR count). The van der Waals surface area contributed by atoms with Crippen LogP contribution >= 0.6 is 0 Å². The first-order valence-electron chi connectivity index (χ1n) is 11.2. The number of nitrogens with two attached hydrogens (primary N) is 1. The fraction of sp³-hybridized carbons (Fsp3) is 0.400. The first kappa shape index (κ1) is 19.8. The van der Waals surface area contributed by atoms with E-state index in [0.717, 1.165) is 33.5 Å². The molecule has 0 bridgehead atoms. The van der Waals surface area contributed by atoms with Crippen molar-refractivity contribution in [1.82, 2.24) is 24.7 Å². The number of H-pyrrole nitrogens is 1. The summed E-state index contributed by atoms with van der Waals surface area (Å²) in [6.45, 7) is 6.64. The molecule has 0 saturated heterocycles. The summed E-state index contributed by atoms with van der Waals surface area (Å²) in [5.41, 5.74) is 12.4. The van der Waals surface area contributed by atoms with Gasteiger partial charge in [0.25, 0.3) is 0 Å². The summed E-state index contributed by atoms with van der Waals surface area (Å²) in [7, 11) is 0. The van der Waals surface area contributed by atoms with Crippen molar-refractivity contribution in [1.29, 1.82) is 0 Å². The van der Waals surface area contributed by atoms with Crippen LogP contribution in [0.15, 0.2) is 42.9 Å². The number of nitrogen functional groups attached to an aromatic ring is 1. The van der Waals surface area contributed by atoms with Gasteiger partial charge in [-0.1, -0.05) is 46.1 Å². The number of pyridine rings is 1. The maximum Gasteiger partial charge on any atom is 0.142 e. The third-order valence-corrected chi connectivity index (χ3v) is 6.41. The Kier molecular flexibility index (Phi) is 4.80. The van der Waals surface area contributed by atoms with Gasteiger partial charge in [-0.15, -0.1) is 0 Å². The average molecular weight is 415 g/mol. The lowest BCUT2D eigenvalue weighted by Gasteiger charge is -2.21. The fourth-order valence-corrected chi connectivity index (χ4v) is 4.46. The molecule has 0 radical (unpaired) electrons. The van der Waals surface area contributed by atoms with Gasteiger partial charge in [-0.2, -0.15) is 5.10 Å². The van der Waals surface area contributed by atoms with Crippen molar-refractivity contribution in [3.05, 3.63) is 48.4 Å². The van der Waals surface area contributed by atoms with Gasteiger partial charge in [-0.05, 0) is 42.0 Å². The second kappa shape index (κ2) is 7.52. The van der Waals surface area contributed by atoms with Crippen molar-refractivity contribution in [2.75, 3.05) is 5.73 Å². The van der Waals surface area contributed by atoms with Crippen LogP contribution in [0.4, 0.5) is 5.82 Å². The van der Waals surface area contributed by atoms with Gasteiger partial charge >= 0.3 is 0 Å². The Labute approximate surface area is 182 Å². The molecule has 1 aliphatic carbocycles. The SMILES string of the molecule is CC(C)(C)c1ccc2nc(-c3cc(-c4cnn(C5CCCCC5)c4)cnc3N)[nH]c2c1. The maximum absolute atomic E-state index is 6.25. The van der Waals surface area contributed by atoms with Gasteiger partial charge < -0.3 is 10.7 Å². The average Bonchev–Trinajstić information content (AvgIpc) is 3.41. The minimum absolute atomic E-state index is 0.0818. The van der Waals surface area contributed by atoms with E-state index in [9.17, 15) is 0 Å². The summed E-state index contributed by atoms with van der Waals surface area (Å²) < 4.78 is 2.12. The molecule has 3 N–H and O–H groups in total. The van der Waals surface area contributed by atoms with Crippen molar-refractivity contribution in [2.24, 2.45) is 0 Å². The molecule has 1 fully saturated rings. The number of rotatable bonds is 3. The van der Waals surface area contributed by atoms with Crippen LogP contribution in [0.5, 0.6) is 0 Å². The first-order chi connectivity index (χ1) is 14.9. The highest BCUT2D eigenvalue weighted by molar-refractivity contribution is 5.84. The Morgan fingerprint density at radius 2 is 1.84 bits per heavy atom. The third-order valence-electron chi connectivity index (χ3n) is 6.41. The van der Waals surface area contributed by atoms with Gasteiger partial charge in [-0.3, -0.25) is 4.68 Å². The van der Waals surface area contributed by atoms with Crippen LogP contribution in [0.1, 0.15) is 64.5 Å². The Morgan fingerprint density at radius 3 is 2.61 bits per heavy atom. The zero-order valence-corrected chi connectivity index (χ0v) is 18.5. The Balaban J connectivity index is 1.50. The molecule has 31 heavy (non-hydrogen) atoms. The molecule has 0 amide bonds. The number of imidazole rings is 1. The molecule has 0 atom stereocenters. The lowest BCUT2D eigenvalue weighted by molar-refractivity contribution is 0.329. The highest BCUT2D eigenvalue weighted by atomic mass is 15.3. The van der Waals surface area contributed by atoms with E-state index in [1.54, 1.807) is 0 Å². The summed E-state index contributed by atoms with van der Waals surface area (Å²) in [4.78, 5) is 12.7. The summed E-state index contributed by atoms with van der Waals surface area (Å²) >= 11 is 0. The van der Waals surface area contributed by atoms with E-state index < -0.39 is 0 Å². The van der Waals surface area contributed by atoms with Gasteiger partial charge in [0.1, 0.15) is 11.6 Å². The minimum atomic E-state index is 0.0818. The number of aromatic amines is 1. The number of nitrogens with zero attached hydrogens (tertiary/aromatic N) is 4. The number of fused-ring (bicyclic) bond motifs is 1. The number of anilines is 1. The molecule has 160 valence electrons. The zero-order chi connectivity index (χ0) is 21.6. The van der Waals surface area contributed by atoms with E-state index >= 15 is 0 Å². The van der Waals surface area contributed by atoms with Crippen LogP contribution in [0.2, 0.25) is 0 Å². The lowest BCUT2D eigenvalue weighted by Crippen LogP contribution is -2.12. The highest BCUT2D eigenvalue weighted by Crippen LogP contribution is 2.33. The number of benzene rings is 1. The van der Waals surface area contributed by atoms with Gasteiger partial charge in [0.05, 0.1) is 28.8 Å². The summed E-state index contributed by atoms with van der Waals surface area (Å²) in [6, 6.07) is 8.96. The molecule has 3 aromatic heterocycles. The second-order valence-electron chi connectivity index (χ2n) is 9.72. The number of hydrogen-bond acceptors (Lipinski definition) is 4. The van der Waals surface area contributed by atoms with Gasteiger partial charge in [0.2, 0.25) is 0 Å². The van der Waals surface area contributed by atoms with Gasteiger partial charge in [0, 0.05) is 23.5 Å². The Hall–Kier alpha value is -3.15. The molecular formula is C25H30N6. The van der Waals surface area contributed by atoms with E-state index in [4.69, 9.17) is 10.7 Å². The van der Waals surface area contributed by atoms with Crippen LogP contribution in [0, 0.1) is 0 Å². The first-order valence-corrected chi connectivity index (χ1v) is 11.2. The van der Waals surface area contributed by atoms with Crippen LogP contribution in [0.3, 0.4) is 0 Å². The molecule has 0 aliphatic heterocycles. The lowest BCUT2D eigenvalue weighted by atomic mass is 9.87. The van der Waals surface area contributed by atoms with Crippen LogP contribution in [0.25, 0.3) is 33.5 Å². The van der Waals surface area contributed by atoms with Crippen LogP contribution in [-0.2, 0) is 5.41 Å². The highest BCUT2D eigenvalue weighted by Gasteiger charge is 2.18. The van der Waals surface area contributed by atoms with E-state index in [1.807, 2.05) is 12.4 Å². The molecule has 4 aromatic rings. The molecule has 1 saturated carbocycles. The van der Waals surface area contributed by atoms with Crippen LogP contribution in [-0.4, -0.2) is 24.7 Å². The largest absolute Gasteiger partial charge is 0.383 e. The van der Waals surface area contributed by atoms with Gasteiger partial charge in [-0.25, -0.2) is 9.97 Å². The summed E-state index contributed by atoms with van der Waals surface area (Å²) in [5.74, 6) is 1.21. The molecular weight excluding hydrogens is 384 g/mol. The normalized spacial score (nSPS) is 15.6. The maximum atomic E-state index is 6.25. The molecule has 1 aliphatic rings. The van der Waals surface area contributed by atoms with E-state index in [1.165, 1.54) is 37.7 Å². The van der Waals surface area contributed by atoms with Gasteiger partial charge in [0.15, 0.2) is 0 Å². The standard InChI is InChI=1S/C25H30N6/c1-25(2,3)18-9-10-21-22(12-18)30-24(29-21)20-11-16(13-27-23(20)26)17-14-28-31(15-17)19-7-5-4-6-8-19/h9-15,19H,4-8H2,1-3H3,(H2,26,27)(H,29,30). The topological polar surface area (TPSA) is 85.4 Å². The number of aromatic nitrogens is 5.